The Hall–Kier alpha value is -1.11. The van der Waals surface area contributed by atoms with Crippen molar-refractivity contribution >= 4 is 17.4 Å². The van der Waals surface area contributed by atoms with Gasteiger partial charge in [-0.05, 0) is 30.7 Å². The van der Waals surface area contributed by atoms with E-state index in [-0.39, 0.29) is 30.8 Å². The molecule has 0 spiro atoms. The van der Waals surface area contributed by atoms with Gasteiger partial charge in [0, 0.05) is 10.3 Å². The average Bonchev–Trinajstić information content (AvgIpc) is 3.21. The molecular formula is C16H24N2O3S. The molecule has 6 heteroatoms. The van der Waals surface area contributed by atoms with Crippen molar-refractivity contribution in [3.63, 3.8) is 0 Å². The Morgan fingerprint density at radius 3 is 2.91 bits per heavy atom. The number of nitrogens with one attached hydrogen (secondary N) is 2. The second-order valence-electron chi connectivity index (χ2n) is 6.93. The third kappa shape index (κ3) is 3.14. The van der Waals surface area contributed by atoms with Gasteiger partial charge in [0.05, 0.1) is 30.9 Å². The smallest absolute Gasteiger partial charge is 0.315 e. The molecule has 2 saturated heterocycles. The van der Waals surface area contributed by atoms with Crippen LogP contribution in [0.1, 0.15) is 44.0 Å². The Morgan fingerprint density at radius 2 is 2.36 bits per heavy atom. The number of carbonyl (C=O) groups excluding carboxylic acids is 1. The van der Waals surface area contributed by atoms with Gasteiger partial charge in [-0.3, -0.25) is 0 Å². The molecule has 2 aliphatic rings. The van der Waals surface area contributed by atoms with Gasteiger partial charge < -0.3 is 20.5 Å². The van der Waals surface area contributed by atoms with Crippen LogP contribution in [-0.2, 0) is 4.74 Å². The minimum Gasteiger partial charge on any atom is -0.396 e. The number of aliphatic hydroxyl groups excluding tert-OH is 1. The lowest BCUT2D eigenvalue weighted by atomic mass is 9.84. The zero-order chi connectivity index (χ0) is 15.7. The van der Waals surface area contributed by atoms with E-state index in [4.69, 9.17) is 4.74 Å². The normalized spacial score (nSPS) is 28.6. The van der Waals surface area contributed by atoms with Crippen LogP contribution in [0.25, 0.3) is 0 Å². The van der Waals surface area contributed by atoms with E-state index in [1.165, 1.54) is 0 Å². The Morgan fingerprint density at radius 1 is 1.55 bits per heavy atom. The minimum atomic E-state index is -0.423. The summed E-state index contributed by atoms with van der Waals surface area (Å²) in [4.78, 5) is 13.4. The predicted molar refractivity (Wildman–Crippen MR) is 85.9 cm³/mol. The molecule has 4 atom stereocenters. The summed E-state index contributed by atoms with van der Waals surface area (Å²) in [5.41, 5.74) is -0.423. The predicted octanol–water partition coefficient (Wildman–Crippen LogP) is 2.43. The molecule has 1 aromatic heterocycles. The maximum Gasteiger partial charge on any atom is 0.315 e. The first-order chi connectivity index (χ1) is 10.5. The lowest BCUT2D eigenvalue weighted by molar-refractivity contribution is 0.0969. The van der Waals surface area contributed by atoms with E-state index in [0.717, 1.165) is 24.1 Å². The molecular weight excluding hydrogens is 300 g/mol. The number of carbonyl (C=O) groups is 1. The third-order valence-electron chi connectivity index (χ3n) is 4.71. The topological polar surface area (TPSA) is 70.6 Å². The summed E-state index contributed by atoms with van der Waals surface area (Å²) >= 11 is 1.59. The van der Waals surface area contributed by atoms with Gasteiger partial charge >= 0.3 is 6.03 Å². The summed E-state index contributed by atoms with van der Waals surface area (Å²) in [6.07, 6.45) is 3.54. The highest BCUT2D eigenvalue weighted by Gasteiger charge is 2.42. The van der Waals surface area contributed by atoms with E-state index in [2.05, 4.69) is 10.6 Å². The van der Waals surface area contributed by atoms with Crippen molar-refractivity contribution in [3.8, 4) is 0 Å². The number of hydrogen-bond donors (Lipinski definition) is 3. The molecule has 3 N–H and O–H groups in total. The molecule has 1 aromatic rings. The Kier molecular flexibility index (Phi) is 4.43. The SMILES string of the molecule is CC(C)(CO)[C@@H](NC(=O)N[C@@H]1C[C@H]2CC[C@@H]1O2)c1cccs1. The van der Waals surface area contributed by atoms with E-state index in [1.54, 1.807) is 11.3 Å². The van der Waals surface area contributed by atoms with E-state index >= 15 is 0 Å². The molecule has 0 saturated carbocycles. The van der Waals surface area contributed by atoms with Crippen molar-refractivity contribution in [1.82, 2.24) is 10.6 Å². The second-order valence-corrected chi connectivity index (χ2v) is 7.91. The summed E-state index contributed by atoms with van der Waals surface area (Å²) < 4.78 is 5.77. The van der Waals surface area contributed by atoms with Crippen LogP contribution >= 0.6 is 11.3 Å². The number of urea groups is 1. The molecule has 2 amide bonds. The van der Waals surface area contributed by atoms with Crippen molar-refractivity contribution in [1.29, 1.82) is 0 Å². The lowest BCUT2D eigenvalue weighted by Crippen LogP contribution is -2.49. The number of thiophene rings is 1. The zero-order valence-electron chi connectivity index (χ0n) is 13.0. The molecule has 0 aromatic carbocycles. The Labute approximate surface area is 135 Å². The molecule has 2 bridgehead atoms. The molecule has 5 nitrogen and oxygen atoms in total. The quantitative estimate of drug-likeness (QED) is 0.779. The first kappa shape index (κ1) is 15.8. The van der Waals surface area contributed by atoms with Crippen molar-refractivity contribution < 1.29 is 14.6 Å². The van der Waals surface area contributed by atoms with E-state index in [1.807, 2.05) is 31.4 Å². The van der Waals surface area contributed by atoms with E-state index in [9.17, 15) is 9.90 Å². The molecule has 2 aliphatic heterocycles. The molecule has 0 radical (unpaired) electrons. The molecule has 3 heterocycles. The van der Waals surface area contributed by atoms with Gasteiger partial charge in [0.1, 0.15) is 0 Å². The number of amides is 2. The van der Waals surface area contributed by atoms with Gasteiger partial charge in [-0.15, -0.1) is 11.3 Å². The third-order valence-corrected chi connectivity index (χ3v) is 5.65. The van der Waals surface area contributed by atoms with Gasteiger partial charge in [0.2, 0.25) is 0 Å². The minimum absolute atomic E-state index is 0.00703. The number of rotatable bonds is 5. The zero-order valence-corrected chi connectivity index (χ0v) is 13.9. The number of hydrogen-bond acceptors (Lipinski definition) is 4. The van der Waals surface area contributed by atoms with Crippen LogP contribution in [0.2, 0.25) is 0 Å². The fourth-order valence-corrected chi connectivity index (χ4v) is 4.31. The van der Waals surface area contributed by atoms with Gasteiger partial charge in [0.15, 0.2) is 0 Å². The summed E-state index contributed by atoms with van der Waals surface area (Å²) in [6.45, 7) is 3.92. The van der Waals surface area contributed by atoms with Crippen molar-refractivity contribution in [3.05, 3.63) is 22.4 Å². The highest BCUT2D eigenvalue weighted by Crippen LogP contribution is 2.36. The van der Waals surface area contributed by atoms with Gasteiger partial charge in [0.25, 0.3) is 0 Å². The van der Waals surface area contributed by atoms with E-state index < -0.39 is 5.41 Å². The van der Waals surface area contributed by atoms with Crippen molar-refractivity contribution in [2.75, 3.05) is 6.61 Å². The fourth-order valence-electron chi connectivity index (χ4n) is 3.33. The van der Waals surface area contributed by atoms with Gasteiger partial charge in [-0.2, -0.15) is 0 Å². The number of fused-ring (bicyclic) bond motifs is 2. The fraction of sp³-hybridized carbons (Fsp3) is 0.688. The number of aliphatic hydroxyl groups is 1. The maximum atomic E-state index is 12.4. The maximum absolute atomic E-state index is 12.4. The molecule has 2 fully saturated rings. The number of ether oxygens (including phenoxy) is 1. The van der Waals surface area contributed by atoms with Crippen molar-refractivity contribution in [2.24, 2.45) is 5.41 Å². The molecule has 22 heavy (non-hydrogen) atoms. The standard InChI is InChI=1S/C16H24N2O3S/c1-16(2,9-19)14(13-4-3-7-22-13)18-15(20)17-11-8-10-5-6-12(11)21-10/h3-4,7,10-12,14,19H,5-6,8-9H2,1-2H3,(H2,17,18,20)/t10-,11-,12+,14+/m1/s1. The van der Waals surface area contributed by atoms with E-state index in [0.29, 0.717) is 6.10 Å². The van der Waals surface area contributed by atoms with Gasteiger partial charge in [-0.1, -0.05) is 19.9 Å². The van der Waals surface area contributed by atoms with Crippen LogP contribution < -0.4 is 10.6 Å². The molecule has 0 unspecified atom stereocenters. The first-order valence-corrected chi connectivity index (χ1v) is 8.74. The summed E-state index contributed by atoms with van der Waals surface area (Å²) in [7, 11) is 0. The monoisotopic (exact) mass is 324 g/mol. The molecule has 0 aliphatic carbocycles. The first-order valence-electron chi connectivity index (χ1n) is 7.86. The van der Waals surface area contributed by atoms with Crippen LogP contribution in [-0.4, -0.2) is 36.0 Å². The van der Waals surface area contributed by atoms with Crippen LogP contribution in [0.5, 0.6) is 0 Å². The van der Waals surface area contributed by atoms with Crippen LogP contribution in [0.3, 0.4) is 0 Å². The average molecular weight is 324 g/mol. The highest BCUT2D eigenvalue weighted by atomic mass is 32.1. The van der Waals surface area contributed by atoms with Gasteiger partial charge in [-0.25, -0.2) is 4.79 Å². The van der Waals surface area contributed by atoms with Crippen LogP contribution in [0, 0.1) is 5.41 Å². The highest BCUT2D eigenvalue weighted by molar-refractivity contribution is 7.10. The largest absolute Gasteiger partial charge is 0.396 e. The Balaban J connectivity index is 1.64. The molecule has 3 rings (SSSR count). The summed E-state index contributed by atoms with van der Waals surface area (Å²) in [6, 6.07) is 3.68. The summed E-state index contributed by atoms with van der Waals surface area (Å²) in [5.74, 6) is 0. The van der Waals surface area contributed by atoms with Crippen LogP contribution in [0.15, 0.2) is 17.5 Å². The molecule has 122 valence electrons. The Bertz CT molecular complexity index is 517. The lowest BCUT2D eigenvalue weighted by Gasteiger charge is -2.33. The summed E-state index contributed by atoms with van der Waals surface area (Å²) in [5, 5.41) is 17.7. The van der Waals surface area contributed by atoms with Crippen molar-refractivity contribution in [2.45, 2.75) is 57.4 Å². The van der Waals surface area contributed by atoms with Crippen LogP contribution in [0.4, 0.5) is 4.79 Å². The second kappa shape index (κ2) is 6.18.